The van der Waals surface area contributed by atoms with E-state index in [9.17, 15) is 26.7 Å². The van der Waals surface area contributed by atoms with E-state index in [2.05, 4.69) is 0 Å². The van der Waals surface area contributed by atoms with E-state index in [1.54, 1.807) is 0 Å². The van der Waals surface area contributed by atoms with E-state index in [0.29, 0.717) is 24.3 Å². The van der Waals surface area contributed by atoms with Crippen molar-refractivity contribution in [1.82, 2.24) is 4.90 Å². The summed E-state index contributed by atoms with van der Waals surface area (Å²) in [6, 6.07) is 0. The van der Waals surface area contributed by atoms with E-state index < -0.39 is 18.0 Å². The average molecular weight is 260 g/mol. The number of piperidine rings is 1. The molecule has 1 aliphatic rings. The quantitative estimate of drug-likeness (QED) is 0.762. The topological polar surface area (TPSA) is 46.3 Å². The number of carbonyl (C=O) groups excluding carboxylic acids is 1. The highest BCUT2D eigenvalue weighted by Gasteiger charge is 2.64. The van der Waals surface area contributed by atoms with Gasteiger partial charge in [0.15, 0.2) is 0 Å². The van der Waals surface area contributed by atoms with Crippen LogP contribution in [-0.2, 0) is 4.79 Å². The molecule has 1 amide bonds. The number of carbonyl (C=O) groups is 1. The molecule has 0 aromatic rings. The Morgan fingerprint density at radius 1 is 1.18 bits per heavy atom. The number of likely N-dealkylation sites (tertiary alicyclic amines) is 1. The molecule has 0 radical (unpaired) electrons. The molecule has 1 fully saturated rings. The van der Waals surface area contributed by atoms with Crippen molar-refractivity contribution in [2.45, 2.75) is 24.9 Å². The summed E-state index contributed by atoms with van der Waals surface area (Å²) in [6.45, 7) is 0.135. The first-order valence-electron chi connectivity index (χ1n) is 5.14. The second kappa shape index (κ2) is 4.75. The number of hydrogen-bond donors (Lipinski definition) is 1. The van der Waals surface area contributed by atoms with E-state index in [1.807, 2.05) is 0 Å². The number of rotatable bonds is 2. The lowest BCUT2D eigenvalue weighted by molar-refractivity contribution is -0.274. The molecule has 0 spiro atoms. The third-order valence-corrected chi connectivity index (χ3v) is 2.86. The van der Waals surface area contributed by atoms with Crippen molar-refractivity contribution in [1.29, 1.82) is 0 Å². The van der Waals surface area contributed by atoms with Gasteiger partial charge in [-0.25, -0.2) is 0 Å². The molecule has 3 nitrogen and oxygen atoms in total. The Kier molecular flexibility index (Phi) is 3.95. The Hall–Kier alpha value is -0.920. The molecular weight excluding hydrogens is 247 g/mol. The molecule has 8 heteroatoms. The lowest BCUT2D eigenvalue weighted by atomic mass is 9.97. The van der Waals surface area contributed by atoms with Crippen molar-refractivity contribution in [3.8, 4) is 0 Å². The summed E-state index contributed by atoms with van der Waals surface area (Å²) in [4.78, 5) is 11.6. The van der Waals surface area contributed by atoms with E-state index in [0.717, 1.165) is 0 Å². The van der Waals surface area contributed by atoms with Crippen LogP contribution in [0.15, 0.2) is 0 Å². The van der Waals surface area contributed by atoms with Gasteiger partial charge in [0.25, 0.3) is 0 Å². The third-order valence-electron chi connectivity index (χ3n) is 2.86. The average Bonchev–Trinajstić information content (AvgIpc) is 2.26. The van der Waals surface area contributed by atoms with Gasteiger partial charge in [0.05, 0.1) is 0 Å². The lowest BCUT2D eigenvalue weighted by Gasteiger charge is -2.33. The van der Waals surface area contributed by atoms with Gasteiger partial charge in [-0.15, -0.1) is 0 Å². The summed E-state index contributed by atoms with van der Waals surface area (Å²) in [5, 5.41) is 0. The van der Waals surface area contributed by atoms with Gasteiger partial charge < -0.3 is 10.6 Å². The highest BCUT2D eigenvalue weighted by molar-refractivity contribution is 5.84. The van der Waals surface area contributed by atoms with Crippen LogP contribution in [0, 0.1) is 5.92 Å². The molecule has 17 heavy (non-hydrogen) atoms. The van der Waals surface area contributed by atoms with E-state index in [-0.39, 0.29) is 19.0 Å². The standard InChI is InChI=1S/C9H13F5N2O/c10-8(11,9(12,13)14)7(17)16-3-1-6(5-15)2-4-16/h6H,1-5,15H2. The zero-order chi connectivity index (χ0) is 13.3. The molecular formula is C9H13F5N2O. The zero-order valence-corrected chi connectivity index (χ0v) is 8.94. The molecule has 1 aliphatic heterocycles. The second-order valence-electron chi connectivity index (χ2n) is 4.04. The maximum Gasteiger partial charge on any atom is 0.463 e. The van der Waals surface area contributed by atoms with E-state index in [1.165, 1.54) is 0 Å². The summed E-state index contributed by atoms with van der Waals surface area (Å²) in [7, 11) is 0. The predicted molar refractivity (Wildman–Crippen MR) is 49.4 cm³/mol. The number of nitrogens with zero attached hydrogens (tertiary/aromatic N) is 1. The van der Waals surface area contributed by atoms with Gasteiger partial charge in [0.1, 0.15) is 0 Å². The molecule has 0 aromatic carbocycles. The van der Waals surface area contributed by atoms with Crippen LogP contribution in [0.5, 0.6) is 0 Å². The SMILES string of the molecule is NCC1CCN(C(=O)C(F)(F)C(F)(F)F)CC1. The number of alkyl halides is 5. The Morgan fingerprint density at radius 2 is 1.65 bits per heavy atom. The van der Waals surface area contributed by atoms with Gasteiger partial charge in [-0.1, -0.05) is 0 Å². The van der Waals surface area contributed by atoms with Crippen molar-refractivity contribution in [3.05, 3.63) is 0 Å². The van der Waals surface area contributed by atoms with Gasteiger partial charge in [-0.05, 0) is 25.3 Å². The molecule has 1 heterocycles. The van der Waals surface area contributed by atoms with Gasteiger partial charge in [-0.2, -0.15) is 22.0 Å². The van der Waals surface area contributed by atoms with Gasteiger partial charge in [-0.3, -0.25) is 4.79 Å². The van der Waals surface area contributed by atoms with Crippen molar-refractivity contribution < 1.29 is 26.7 Å². The molecule has 1 saturated heterocycles. The first-order chi connectivity index (χ1) is 7.70. The lowest BCUT2D eigenvalue weighted by Crippen LogP contribution is -2.54. The number of nitrogens with two attached hydrogens (primary N) is 1. The largest absolute Gasteiger partial charge is 0.463 e. The summed E-state index contributed by atoms with van der Waals surface area (Å²) < 4.78 is 61.4. The molecule has 0 bridgehead atoms. The fourth-order valence-electron chi connectivity index (χ4n) is 1.69. The van der Waals surface area contributed by atoms with Crippen LogP contribution in [0.3, 0.4) is 0 Å². The maximum atomic E-state index is 12.7. The minimum Gasteiger partial charge on any atom is -0.337 e. The summed E-state index contributed by atoms with van der Waals surface area (Å²) in [5.74, 6) is -7.39. The Bertz CT molecular complexity index is 284. The number of amides is 1. The van der Waals surface area contributed by atoms with Crippen molar-refractivity contribution in [3.63, 3.8) is 0 Å². The number of hydrogen-bond acceptors (Lipinski definition) is 2. The highest BCUT2D eigenvalue weighted by atomic mass is 19.4. The van der Waals surface area contributed by atoms with Crippen molar-refractivity contribution in [2.24, 2.45) is 11.7 Å². The van der Waals surface area contributed by atoms with Gasteiger partial charge >= 0.3 is 18.0 Å². The van der Waals surface area contributed by atoms with E-state index >= 15 is 0 Å². The summed E-state index contributed by atoms with van der Waals surface area (Å²) >= 11 is 0. The summed E-state index contributed by atoms with van der Waals surface area (Å²) in [6.07, 6.45) is -5.12. The molecule has 1 rings (SSSR count). The van der Waals surface area contributed by atoms with Crippen molar-refractivity contribution in [2.75, 3.05) is 19.6 Å². The fourth-order valence-corrected chi connectivity index (χ4v) is 1.69. The third kappa shape index (κ3) is 2.85. The highest BCUT2D eigenvalue weighted by Crippen LogP contribution is 2.37. The van der Waals surface area contributed by atoms with Crippen LogP contribution in [0.2, 0.25) is 0 Å². The van der Waals surface area contributed by atoms with Gasteiger partial charge in [0.2, 0.25) is 0 Å². The fraction of sp³-hybridized carbons (Fsp3) is 0.889. The normalized spacial score (nSPS) is 19.5. The van der Waals surface area contributed by atoms with E-state index in [4.69, 9.17) is 5.73 Å². The van der Waals surface area contributed by atoms with Crippen LogP contribution in [0.1, 0.15) is 12.8 Å². The predicted octanol–water partition coefficient (Wildman–Crippen LogP) is 1.38. The molecule has 0 unspecified atom stereocenters. The minimum absolute atomic E-state index is 0.0820. The smallest absolute Gasteiger partial charge is 0.337 e. The molecule has 0 aromatic heterocycles. The summed E-state index contributed by atoms with van der Waals surface area (Å²) in [5.41, 5.74) is 5.35. The second-order valence-corrected chi connectivity index (χ2v) is 4.04. The first-order valence-corrected chi connectivity index (χ1v) is 5.14. The van der Waals surface area contributed by atoms with Crippen LogP contribution in [0.4, 0.5) is 22.0 Å². The Balaban J connectivity index is 2.66. The zero-order valence-electron chi connectivity index (χ0n) is 8.94. The molecule has 100 valence electrons. The van der Waals surface area contributed by atoms with Crippen LogP contribution in [0.25, 0.3) is 0 Å². The van der Waals surface area contributed by atoms with Crippen LogP contribution in [-0.4, -0.2) is 42.5 Å². The maximum absolute atomic E-state index is 12.7. The molecule has 0 saturated carbocycles. The number of halogens is 5. The van der Waals surface area contributed by atoms with Gasteiger partial charge in [0, 0.05) is 13.1 Å². The molecule has 0 atom stereocenters. The monoisotopic (exact) mass is 260 g/mol. The first kappa shape index (κ1) is 14.1. The Labute approximate surface area is 94.7 Å². The van der Waals surface area contributed by atoms with Crippen molar-refractivity contribution >= 4 is 5.91 Å². The minimum atomic E-state index is -5.84. The van der Waals surface area contributed by atoms with Crippen LogP contribution < -0.4 is 5.73 Å². The molecule has 0 aliphatic carbocycles. The molecule has 2 N–H and O–H groups in total. The van der Waals surface area contributed by atoms with Crippen LogP contribution >= 0.6 is 0 Å². The Morgan fingerprint density at radius 3 is 2.00 bits per heavy atom.